The summed E-state index contributed by atoms with van der Waals surface area (Å²) in [5.74, 6) is -12.0. The lowest BCUT2D eigenvalue weighted by molar-refractivity contribution is -0.137. The largest absolute Gasteiger partial charge is 0.391 e. The molecule has 0 spiro atoms. The summed E-state index contributed by atoms with van der Waals surface area (Å²) in [5, 5.41) is 42.3. The summed E-state index contributed by atoms with van der Waals surface area (Å²) < 4.78 is 0. The number of unbranched alkanes of at least 4 members (excludes halogenated alkanes) is 4. The van der Waals surface area contributed by atoms with Crippen molar-refractivity contribution in [3.63, 3.8) is 0 Å². The molecular weight excluding hydrogens is 1050 g/mol. The number of carbonyl (C=O) groups excluding carboxylic acids is 11. The molecule has 0 aliphatic carbocycles. The Kier molecular flexibility index (Phi) is 36.2. The Hall–Kier alpha value is -5.51. The summed E-state index contributed by atoms with van der Waals surface area (Å²) in [6.45, 7) is 10.9. The molecule has 1 rings (SSSR count). The molecule has 8 amide bonds. The van der Waals surface area contributed by atoms with Gasteiger partial charge < -0.3 is 81.4 Å². The van der Waals surface area contributed by atoms with Crippen molar-refractivity contribution in [1.29, 1.82) is 0 Å². The Morgan fingerprint density at radius 1 is 0.605 bits per heavy atom. The fourth-order valence-electron chi connectivity index (χ4n) is 9.50. The van der Waals surface area contributed by atoms with E-state index in [-0.39, 0.29) is 95.8 Å². The maximum absolute atomic E-state index is 14.5. The molecule has 1 aliphatic rings. The van der Waals surface area contributed by atoms with Gasteiger partial charge in [0.25, 0.3) is 0 Å². The Balaban J connectivity index is 3.83. The number of rotatable bonds is 31. The van der Waals surface area contributed by atoms with Gasteiger partial charge in [-0.1, -0.05) is 66.7 Å². The second-order valence-electron chi connectivity index (χ2n) is 22.0. The quantitative estimate of drug-likeness (QED) is 0.0321. The highest BCUT2D eigenvalue weighted by Gasteiger charge is 2.38. The van der Waals surface area contributed by atoms with Crippen molar-refractivity contribution in [3.8, 4) is 0 Å². The lowest BCUT2D eigenvalue weighted by Gasteiger charge is -2.29. The first-order chi connectivity index (χ1) is 38.3. The smallest absolute Gasteiger partial charge is 0.245 e. The summed E-state index contributed by atoms with van der Waals surface area (Å²) in [6, 6.07) is -10.0. The molecule has 1 heterocycles. The van der Waals surface area contributed by atoms with Gasteiger partial charge in [0.1, 0.15) is 42.0 Å². The molecule has 0 unspecified atom stereocenters. The van der Waals surface area contributed by atoms with Crippen molar-refractivity contribution < 1.29 is 63.0 Å². The van der Waals surface area contributed by atoms with E-state index >= 15 is 0 Å². The Morgan fingerprint density at radius 2 is 1.14 bits per heavy atom. The minimum Gasteiger partial charge on any atom is -0.391 e. The second kappa shape index (κ2) is 39.8. The van der Waals surface area contributed by atoms with E-state index in [1.54, 1.807) is 13.8 Å². The van der Waals surface area contributed by atoms with Crippen LogP contribution in [0.2, 0.25) is 0 Å². The molecule has 0 aromatic rings. The third kappa shape index (κ3) is 27.0. The number of amides is 8. The van der Waals surface area contributed by atoms with Gasteiger partial charge in [-0.2, -0.15) is 0 Å². The molecule has 81 heavy (non-hydrogen) atoms. The number of Topliss-reactive ketones (excluding diaryl/α,β-unsaturated/α-hetero) is 3. The summed E-state index contributed by atoms with van der Waals surface area (Å²) in [6.07, 6.45) is 0.513. The first-order valence-electron chi connectivity index (χ1n) is 29.2. The summed E-state index contributed by atoms with van der Waals surface area (Å²) >= 11 is 0. The Bertz CT molecular complexity index is 2030. The number of ketones is 3. The van der Waals surface area contributed by atoms with E-state index in [0.29, 0.717) is 12.8 Å². The van der Waals surface area contributed by atoms with E-state index in [1.165, 1.54) is 13.8 Å². The summed E-state index contributed by atoms with van der Waals surface area (Å²) in [7, 11) is 0. The van der Waals surface area contributed by atoms with Gasteiger partial charge in [0.05, 0.1) is 18.2 Å². The van der Waals surface area contributed by atoms with Gasteiger partial charge in [-0.25, -0.2) is 0 Å². The lowest BCUT2D eigenvalue weighted by atomic mass is 9.88. The second-order valence-corrected chi connectivity index (χ2v) is 22.0. The molecule has 26 heteroatoms. The number of aliphatic hydroxyl groups excluding tert-OH is 2. The van der Waals surface area contributed by atoms with Crippen LogP contribution in [-0.4, -0.2) is 169 Å². The highest BCUT2D eigenvalue weighted by Crippen LogP contribution is 2.21. The predicted molar refractivity (Wildman–Crippen MR) is 304 cm³/mol. The predicted octanol–water partition coefficient (Wildman–Crippen LogP) is -2.42. The Labute approximate surface area is 478 Å². The maximum Gasteiger partial charge on any atom is 0.245 e. The number of nitrogens with two attached hydrogens (primary N) is 5. The number of hydrogen-bond donors (Lipinski definition) is 15. The van der Waals surface area contributed by atoms with Gasteiger partial charge in [-0.15, -0.1) is 0 Å². The molecule has 0 saturated carbocycles. The first kappa shape index (κ1) is 73.5. The van der Waals surface area contributed by atoms with Crippen LogP contribution in [0.1, 0.15) is 158 Å². The van der Waals surface area contributed by atoms with E-state index in [1.807, 2.05) is 13.8 Å². The first-order valence-corrected chi connectivity index (χ1v) is 29.2. The normalized spacial score (nSPS) is 23.7. The molecule has 1 aliphatic heterocycles. The molecule has 0 radical (unpaired) electrons. The molecule has 0 aromatic heterocycles. The Morgan fingerprint density at radius 3 is 1.67 bits per heavy atom. The topological polar surface area (TPSA) is 455 Å². The van der Waals surface area contributed by atoms with E-state index in [0.717, 1.165) is 25.7 Å². The van der Waals surface area contributed by atoms with Crippen molar-refractivity contribution >= 4 is 64.6 Å². The maximum atomic E-state index is 14.5. The van der Waals surface area contributed by atoms with Crippen molar-refractivity contribution in [2.24, 2.45) is 58.3 Å². The van der Waals surface area contributed by atoms with Crippen LogP contribution in [0.3, 0.4) is 0 Å². The standard InChI is InChI=1S/C55H101N13O13/c1-8-10-11-12-13-14-38(71)28-35(15-21-56)49(75)67-46(33(6)69)44(73)29-36(16-22-57)48(74)63-42-20-26-61-54(80)47(34(7)70)68-53(79)41(19-25-60)64-51(77)40(18-24-59)65-55(81)45(32(5)9-2)66-50(76)37(27-31(3)4)30-43(72)39(17-23-58)62-52(42)78/h31-37,39-42,45-47,69-70H,8-30,56-60H2,1-7H3,(H,61,80)(H,62,78)(H,63,74)(H,64,77)(H,65,81)(H,66,76)(H,67,75)(H,68,79)/t32-,33+,34+,35+,36+,37-,39-,40-,41-,42-,45-,46-,47-/m0/s1. The summed E-state index contributed by atoms with van der Waals surface area (Å²) in [5.41, 5.74) is 29.4. The zero-order valence-electron chi connectivity index (χ0n) is 49.1. The van der Waals surface area contributed by atoms with Crippen LogP contribution in [-0.2, 0) is 52.7 Å². The van der Waals surface area contributed by atoms with E-state index in [4.69, 9.17) is 28.7 Å². The zero-order valence-corrected chi connectivity index (χ0v) is 49.1. The van der Waals surface area contributed by atoms with Gasteiger partial charge in [-0.3, -0.25) is 52.7 Å². The molecular formula is C55H101N13O13. The third-order valence-corrected chi connectivity index (χ3v) is 14.5. The molecule has 0 bridgehead atoms. The lowest BCUT2D eigenvalue weighted by Crippen LogP contribution is -2.60. The SMILES string of the molecule is CCCCCCCC(=O)C[C@@H](CCN)C(=O)N[C@H](C(=O)C[C@@H](CCN)C(=O)N[C@H]1CCNC(=O)[C@H]([C@@H](C)O)NC(=O)[C@H](CCN)NC(=O)[C@H](CCN)NC(=O)[C@H]([C@@H](C)CC)NC(=O)[C@@H](CC(C)C)CC(=O)[C@H](CCN)NC1=O)[C@@H](C)O. The summed E-state index contributed by atoms with van der Waals surface area (Å²) in [4.78, 5) is 153. The number of hydrogen-bond acceptors (Lipinski definition) is 18. The van der Waals surface area contributed by atoms with Gasteiger partial charge >= 0.3 is 0 Å². The molecule has 1 saturated heterocycles. The van der Waals surface area contributed by atoms with Crippen molar-refractivity contribution in [3.05, 3.63) is 0 Å². The number of nitrogens with one attached hydrogen (secondary N) is 8. The van der Waals surface area contributed by atoms with Crippen LogP contribution in [0.4, 0.5) is 0 Å². The minimum atomic E-state index is -1.66. The minimum absolute atomic E-state index is 0.0638. The van der Waals surface area contributed by atoms with Crippen LogP contribution in [0, 0.1) is 29.6 Å². The molecule has 1 fully saturated rings. The van der Waals surface area contributed by atoms with Gasteiger partial charge in [-0.05, 0) is 110 Å². The van der Waals surface area contributed by atoms with Crippen LogP contribution < -0.4 is 71.2 Å². The van der Waals surface area contributed by atoms with Gasteiger partial charge in [0.15, 0.2) is 11.6 Å². The number of carbonyl (C=O) groups is 11. The molecule has 26 nitrogen and oxygen atoms in total. The van der Waals surface area contributed by atoms with Crippen LogP contribution in [0.25, 0.3) is 0 Å². The molecule has 0 aromatic carbocycles. The molecule has 464 valence electrons. The molecule has 13 atom stereocenters. The fourth-order valence-corrected chi connectivity index (χ4v) is 9.50. The molecule has 20 N–H and O–H groups in total. The average Bonchev–Trinajstić information content (AvgIpc) is 3.40. The van der Waals surface area contributed by atoms with Crippen molar-refractivity contribution in [2.75, 3.05) is 39.3 Å². The van der Waals surface area contributed by atoms with E-state index < -0.39 is 163 Å². The number of aliphatic hydroxyl groups is 2. The fraction of sp³-hybridized carbons (Fsp3) is 0.800. The highest BCUT2D eigenvalue weighted by atomic mass is 16.3. The van der Waals surface area contributed by atoms with E-state index in [2.05, 4.69) is 49.5 Å². The van der Waals surface area contributed by atoms with Gasteiger partial charge in [0, 0.05) is 50.0 Å². The zero-order chi connectivity index (χ0) is 61.4. The van der Waals surface area contributed by atoms with Crippen molar-refractivity contribution in [2.45, 2.75) is 212 Å². The van der Waals surface area contributed by atoms with E-state index in [9.17, 15) is 63.0 Å². The third-order valence-electron chi connectivity index (χ3n) is 14.5. The van der Waals surface area contributed by atoms with Gasteiger partial charge in [0.2, 0.25) is 47.3 Å². The van der Waals surface area contributed by atoms with Crippen LogP contribution in [0.15, 0.2) is 0 Å². The van der Waals surface area contributed by atoms with Crippen LogP contribution in [0.5, 0.6) is 0 Å². The highest BCUT2D eigenvalue weighted by molar-refractivity contribution is 5.99. The average molecular weight is 1150 g/mol. The monoisotopic (exact) mass is 1150 g/mol. The van der Waals surface area contributed by atoms with Crippen molar-refractivity contribution in [1.82, 2.24) is 42.5 Å². The van der Waals surface area contributed by atoms with Crippen LogP contribution >= 0.6 is 0 Å².